The summed E-state index contributed by atoms with van der Waals surface area (Å²) >= 11 is 4.64. The monoisotopic (exact) mass is 798 g/mol. The van der Waals surface area contributed by atoms with Gasteiger partial charge < -0.3 is 9.13 Å². The molecule has 2 heterocycles. The fraction of sp³-hybridized carbons (Fsp3) is 0.209. The minimum Gasteiger partial charge on any atom is -0.332 e. The van der Waals surface area contributed by atoms with Crippen LogP contribution in [-0.2, 0) is 51.5 Å². The fourth-order valence-corrected chi connectivity index (χ4v) is 8.11. The smallest absolute Gasteiger partial charge is 0.0516 e. The van der Waals surface area contributed by atoms with Crippen molar-refractivity contribution in [3.63, 3.8) is 0 Å². The van der Waals surface area contributed by atoms with Gasteiger partial charge in [-0.2, -0.15) is 0 Å². The van der Waals surface area contributed by atoms with E-state index >= 15 is 0 Å². The average molecular weight is 798 g/mol. The molecule has 0 N–H and O–H groups in total. The van der Waals surface area contributed by atoms with E-state index in [2.05, 4.69) is 142 Å². The minimum absolute atomic E-state index is 0. The maximum Gasteiger partial charge on any atom is 0.0516 e. The van der Waals surface area contributed by atoms with Gasteiger partial charge in [-0.15, -0.1) is 93.8 Å². The average Bonchev–Trinajstić information content (AvgIpc) is 3.89. The molecule has 47 heavy (non-hydrogen) atoms. The van der Waals surface area contributed by atoms with Crippen LogP contribution in [0.1, 0.15) is 48.2 Å². The molecule has 2 aliphatic rings. The summed E-state index contributed by atoms with van der Waals surface area (Å²) < 4.78 is 5.01. The third kappa shape index (κ3) is 5.66. The molecule has 0 bridgehead atoms. The molecule has 0 fully saturated rings. The van der Waals surface area contributed by atoms with Crippen LogP contribution in [-0.4, -0.2) is 15.5 Å². The van der Waals surface area contributed by atoms with Crippen molar-refractivity contribution < 1.29 is 25.8 Å². The van der Waals surface area contributed by atoms with E-state index < -0.39 is 0 Å². The molecule has 0 aliphatic heterocycles. The van der Waals surface area contributed by atoms with Gasteiger partial charge in [-0.05, 0) is 86.0 Å². The molecule has 8 aromatic rings. The number of rotatable bonds is 2. The van der Waals surface area contributed by atoms with Gasteiger partial charge in [-0.1, -0.05) is 48.5 Å². The van der Waals surface area contributed by atoms with E-state index in [-0.39, 0.29) is 25.8 Å². The molecule has 2 aliphatic carbocycles. The number of hydrogen-bond acceptors (Lipinski definition) is 0. The molecule has 10 rings (SSSR count). The zero-order valence-electron chi connectivity index (χ0n) is 27.0. The Bertz CT molecular complexity index is 2080. The summed E-state index contributed by atoms with van der Waals surface area (Å²) in [5.41, 5.74) is 11.6. The summed E-state index contributed by atoms with van der Waals surface area (Å²) in [6, 6.07) is 44.4. The summed E-state index contributed by atoms with van der Waals surface area (Å²) in [5, 5.41) is 8.23. The van der Waals surface area contributed by atoms with Gasteiger partial charge in [0.2, 0.25) is 0 Å². The number of benzene rings is 4. The zero-order valence-corrected chi connectivity index (χ0v) is 31.3. The molecule has 0 saturated carbocycles. The number of aryl methyl sites for hydroxylation is 2. The molecular weight excluding hydrogens is 758 g/mol. The number of hydrogen-bond donors (Lipinski definition) is 0. The van der Waals surface area contributed by atoms with Crippen LogP contribution in [0.2, 0.25) is 0 Å². The van der Waals surface area contributed by atoms with Crippen LogP contribution in [0, 0.1) is 0 Å². The van der Waals surface area contributed by atoms with Gasteiger partial charge in [0.15, 0.2) is 0 Å². The maximum absolute atomic E-state index is 4.64. The van der Waals surface area contributed by atoms with Gasteiger partial charge in [-0.25, -0.2) is 0 Å². The van der Waals surface area contributed by atoms with Gasteiger partial charge in [-0.3, -0.25) is 0 Å². The molecule has 4 heteroatoms. The van der Waals surface area contributed by atoms with E-state index in [0.717, 1.165) is 0 Å². The number of fused-ring (bicyclic) bond motifs is 8. The molecule has 0 amide bonds. The summed E-state index contributed by atoms with van der Waals surface area (Å²) in [6.45, 7) is 0. The normalized spacial score (nSPS) is 13.7. The van der Waals surface area contributed by atoms with Crippen molar-refractivity contribution in [2.24, 2.45) is 0 Å². The third-order valence-corrected chi connectivity index (χ3v) is 10.1. The Hall–Kier alpha value is -3.66. The van der Waals surface area contributed by atoms with Gasteiger partial charge >= 0.3 is 0 Å². The summed E-state index contributed by atoms with van der Waals surface area (Å²) in [4.78, 5) is 0. The van der Waals surface area contributed by atoms with Gasteiger partial charge in [0, 0.05) is 54.4 Å². The van der Waals surface area contributed by atoms with Crippen LogP contribution in [0.5, 0.6) is 0 Å². The first kappa shape index (κ1) is 31.9. The minimum atomic E-state index is 0. The van der Waals surface area contributed by atoms with Gasteiger partial charge in [0.1, 0.15) is 0 Å². The Labute approximate surface area is 301 Å². The number of halogens is 1. The number of alkyl halides is 1. The predicted molar refractivity (Wildman–Crippen MR) is 198 cm³/mol. The molecule has 234 valence electrons. The second-order valence-electron chi connectivity index (χ2n) is 12.7. The van der Waals surface area contributed by atoms with Crippen molar-refractivity contribution in [3.05, 3.63) is 144 Å². The molecule has 0 radical (unpaired) electrons. The Balaban J connectivity index is 0.000000139. The molecule has 0 atom stereocenters. The predicted octanol–water partition coefficient (Wildman–Crippen LogP) is 11.6. The number of nitrogens with zero attached hydrogens (tertiary/aromatic N) is 2. The number of aromatic nitrogens is 2. The third-order valence-electron chi connectivity index (χ3n) is 10.1. The molecule has 0 saturated heterocycles. The molecule has 2 aromatic heterocycles. The second-order valence-corrected chi connectivity index (χ2v) is 12.7. The second kappa shape index (κ2) is 13.8. The van der Waals surface area contributed by atoms with E-state index in [0.29, 0.717) is 0 Å². The maximum atomic E-state index is 4.64. The summed E-state index contributed by atoms with van der Waals surface area (Å²) in [5.74, 6) is 0. The summed E-state index contributed by atoms with van der Waals surface area (Å²) in [6.07, 6.45) is 11.6. The van der Waals surface area contributed by atoms with E-state index in [1.807, 2.05) is 0 Å². The quantitative estimate of drug-likeness (QED) is 0.0937. The Kier molecular flexibility index (Phi) is 9.39. The van der Waals surface area contributed by atoms with E-state index in [1.54, 1.807) is 11.1 Å². The largest absolute Gasteiger partial charge is 0.332 e. The van der Waals surface area contributed by atoms with Crippen LogP contribution in [0.25, 0.3) is 54.7 Å². The topological polar surface area (TPSA) is 9.86 Å². The van der Waals surface area contributed by atoms with Crippen molar-refractivity contribution in [1.82, 2.24) is 9.13 Å². The number of para-hydroxylation sites is 2. The molecule has 0 unspecified atom stereocenters. The SMILES string of the molecule is CCl.[Hf].c1ccc2[cH-]c(-n3c4c(c5ccccc53)CCCC4)cc2c1.c1ccc2[cH-]c(-n3c4c(c5ccccc53)CCCC4)cc2c1. The zero-order chi connectivity index (χ0) is 31.0. The van der Waals surface area contributed by atoms with Crippen molar-refractivity contribution in [2.75, 3.05) is 6.38 Å². The van der Waals surface area contributed by atoms with Crippen LogP contribution < -0.4 is 0 Å². The fourth-order valence-electron chi connectivity index (χ4n) is 8.11. The van der Waals surface area contributed by atoms with Crippen LogP contribution in [0.3, 0.4) is 0 Å². The van der Waals surface area contributed by atoms with E-state index in [9.17, 15) is 0 Å². The molecular formula is C43H39ClHfN2-2. The molecule has 2 nitrogen and oxygen atoms in total. The standard InChI is InChI=1S/2C21H18N.CH3Cl.Hf/c2*1-2-8-16-14-17(13-15(16)7-1)22-20-11-5-3-9-18(20)19-10-4-6-12-21(19)22;1-2;/h2*1-3,5,7-9,11,13-14H,4,6,10,12H2;1H3;/q2*-1;;. The Morgan fingerprint density at radius 1 is 0.489 bits per heavy atom. The van der Waals surface area contributed by atoms with Gasteiger partial charge in [0.25, 0.3) is 0 Å². The van der Waals surface area contributed by atoms with Crippen LogP contribution in [0.15, 0.2) is 121 Å². The van der Waals surface area contributed by atoms with E-state index in [4.69, 9.17) is 0 Å². The van der Waals surface area contributed by atoms with Crippen molar-refractivity contribution >= 4 is 55.0 Å². The van der Waals surface area contributed by atoms with Gasteiger partial charge in [0.05, 0.1) is 11.0 Å². The first-order chi connectivity index (χ1) is 22.8. The van der Waals surface area contributed by atoms with E-state index in [1.165, 1.54) is 124 Å². The first-order valence-electron chi connectivity index (χ1n) is 16.8. The van der Waals surface area contributed by atoms with Crippen molar-refractivity contribution in [3.8, 4) is 11.4 Å². The van der Waals surface area contributed by atoms with Crippen molar-refractivity contribution in [1.29, 1.82) is 0 Å². The van der Waals surface area contributed by atoms with Crippen LogP contribution >= 0.6 is 11.6 Å². The first-order valence-corrected chi connectivity index (χ1v) is 17.5. The Morgan fingerprint density at radius 3 is 1.32 bits per heavy atom. The van der Waals surface area contributed by atoms with Crippen LogP contribution in [0.4, 0.5) is 0 Å². The molecule has 0 spiro atoms. The molecule has 6 aromatic carbocycles. The Morgan fingerprint density at radius 2 is 0.872 bits per heavy atom. The van der Waals surface area contributed by atoms with Crippen molar-refractivity contribution in [2.45, 2.75) is 51.4 Å². The summed E-state index contributed by atoms with van der Waals surface area (Å²) in [7, 11) is 0.